The first-order valence-corrected chi connectivity index (χ1v) is 10.5. The number of amides is 1. The van der Waals surface area contributed by atoms with Crippen molar-refractivity contribution in [1.29, 1.82) is 0 Å². The molecule has 30 heavy (non-hydrogen) atoms. The van der Waals surface area contributed by atoms with Crippen molar-refractivity contribution in [2.75, 3.05) is 19.0 Å². The molecular formula is C23H28N2O4S. The predicted molar refractivity (Wildman–Crippen MR) is 122 cm³/mol. The first kappa shape index (κ1) is 23.3. The lowest BCUT2D eigenvalue weighted by Crippen LogP contribution is -2.34. The van der Waals surface area contributed by atoms with Crippen LogP contribution in [0.3, 0.4) is 0 Å². The minimum absolute atomic E-state index is 0.153. The second-order valence-electron chi connectivity index (χ2n) is 6.77. The molecule has 0 saturated carbocycles. The zero-order valence-electron chi connectivity index (χ0n) is 17.4. The monoisotopic (exact) mass is 428 g/mol. The van der Waals surface area contributed by atoms with E-state index in [-0.39, 0.29) is 5.11 Å². The van der Waals surface area contributed by atoms with E-state index < -0.39 is 11.9 Å². The molecule has 0 unspecified atom stereocenters. The van der Waals surface area contributed by atoms with Crippen LogP contribution in [0.4, 0.5) is 5.69 Å². The topological polar surface area (TPSA) is 76.7 Å². The number of carbonyl (C=O) groups excluding carboxylic acids is 2. The molecule has 2 aromatic carbocycles. The molecular weight excluding hydrogens is 400 g/mol. The van der Waals surface area contributed by atoms with Crippen molar-refractivity contribution in [3.05, 3.63) is 59.7 Å². The number of hydrogen-bond acceptors (Lipinski definition) is 5. The average Bonchev–Trinajstić information content (AvgIpc) is 2.75. The van der Waals surface area contributed by atoms with Crippen molar-refractivity contribution in [1.82, 2.24) is 5.32 Å². The fraction of sp³-hybridized carbons (Fsp3) is 0.348. The summed E-state index contributed by atoms with van der Waals surface area (Å²) in [6.07, 6.45) is 5.91. The Morgan fingerprint density at radius 1 is 0.967 bits per heavy atom. The number of anilines is 1. The third-order valence-electron chi connectivity index (χ3n) is 4.38. The fourth-order valence-electron chi connectivity index (χ4n) is 2.80. The Kier molecular flexibility index (Phi) is 9.80. The summed E-state index contributed by atoms with van der Waals surface area (Å²) in [7, 11) is 1.29. The van der Waals surface area contributed by atoms with Crippen molar-refractivity contribution < 1.29 is 19.1 Å². The highest BCUT2D eigenvalue weighted by Gasteiger charge is 2.12. The van der Waals surface area contributed by atoms with Gasteiger partial charge in [0.15, 0.2) is 5.11 Å². The van der Waals surface area contributed by atoms with Gasteiger partial charge >= 0.3 is 5.97 Å². The van der Waals surface area contributed by atoms with Gasteiger partial charge in [0.1, 0.15) is 5.75 Å². The summed E-state index contributed by atoms with van der Waals surface area (Å²) in [5.41, 5.74) is 1.32. The van der Waals surface area contributed by atoms with Gasteiger partial charge in [-0.25, -0.2) is 4.79 Å². The number of rotatable bonds is 10. The first-order valence-electron chi connectivity index (χ1n) is 10.1. The molecule has 0 aliphatic rings. The van der Waals surface area contributed by atoms with E-state index >= 15 is 0 Å². The van der Waals surface area contributed by atoms with Gasteiger partial charge in [-0.1, -0.05) is 44.7 Å². The molecule has 0 fully saturated rings. The van der Waals surface area contributed by atoms with E-state index in [1.54, 1.807) is 18.2 Å². The Labute approximate surface area is 183 Å². The highest BCUT2D eigenvalue weighted by molar-refractivity contribution is 7.80. The van der Waals surface area contributed by atoms with Crippen LogP contribution in [0.25, 0.3) is 0 Å². The van der Waals surface area contributed by atoms with Crippen LogP contribution in [0.15, 0.2) is 48.5 Å². The lowest BCUT2D eigenvalue weighted by molar-refractivity contribution is 0.0600. The van der Waals surface area contributed by atoms with Crippen molar-refractivity contribution in [3.63, 3.8) is 0 Å². The van der Waals surface area contributed by atoms with Crippen molar-refractivity contribution in [2.45, 2.75) is 39.0 Å². The Morgan fingerprint density at radius 3 is 2.47 bits per heavy atom. The standard InChI is InChI=1S/C23H28N2O4S/c1-3-4-5-6-7-14-29-20-13-9-12-19(16-20)24-23(30)25-21(26)17-10-8-11-18(15-17)22(27)28-2/h8-13,15-16H,3-7,14H2,1-2H3,(H2,24,25,26,30). The Hall–Kier alpha value is -2.93. The molecule has 2 aromatic rings. The third-order valence-corrected chi connectivity index (χ3v) is 4.59. The smallest absolute Gasteiger partial charge is 0.337 e. The molecule has 160 valence electrons. The van der Waals surface area contributed by atoms with Gasteiger partial charge < -0.3 is 14.8 Å². The molecule has 7 heteroatoms. The summed E-state index contributed by atoms with van der Waals surface area (Å²) in [5.74, 6) is -0.180. The molecule has 2 rings (SSSR count). The number of thiocarbonyl (C=S) groups is 1. The molecule has 0 bridgehead atoms. The van der Waals surface area contributed by atoms with Crippen LogP contribution in [-0.4, -0.2) is 30.7 Å². The zero-order chi connectivity index (χ0) is 21.8. The van der Waals surface area contributed by atoms with Crippen LogP contribution in [0, 0.1) is 0 Å². The van der Waals surface area contributed by atoms with E-state index in [0.717, 1.165) is 12.2 Å². The van der Waals surface area contributed by atoms with Gasteiger partial charge in [-0.2, -0.15) is 0 Å². The number of carbonyl (C=O) groups is 2. The SMILES string of the molecule is CCCCCCCOc1cccc(NC(=S)NC(=O)c2cccc(C(=O)OC)c2)c1. The van der Waals surface area contributed by atoms with Gasteiger partial charge in [-0.15, -0.1) is 0 Å². The number of methoxy groups -OCH3 is 1. The second-order valence-corrected chi connectivity index (χ2v) is 7.18. The lowest BCUT2D eigenvalue weighted by Gasteiger charge is -2.12. The van der Waals surface area contributed by atoms with Gasteiger partial charge in [0.2, 0.25) is 0 Å². The van der Waals surface area contributed by atoms with Crippen LogP contribution in [-0.2, 0) is 4.74 Å². The molecule has 0 aliphatic heterocycles. The van der Waals surface area contributed by atoms with Crippen molar-refractivity contribution in [2.24, 2.45) is 0 Å². The number of ether oxygens (including phenoxy) is 2. The van der Waals surface area contributed by atoms with E-state index in [4.69, 9.17) is 17.0 Å². The molecule has 0 heterocycles. The van der Waals surface area contributed by atoms with Gasteiger partial charge in [0.05, 0.1) is 19.3 Å². The summed E-state index contributed by atoms with van der Waals surface area (Å²) in [5, 5.41) is 5.74. The van der Waals surface area contributed by atoms with Crippen LogP contribution < -0.4 is 15.4 Å². The summed E-state index contributed by atoms with van der Waals surface area (Å²) in [6, 6.07) is 13.7. The molecule has 0 atom stereocenters. The first-order chi connectivity index (χ1) is 14.5. The van der Waals surface area contributed by atoms with Crippen LogP contribution in [0.2, 0.25) is 0 Å². The third kappa shape index (κ3) is 7.83. The van der Waals surface area contributed by atoms with E-state index in [1.165, 1.54) is 38.9 Å². The fourth-order valence-corrected chi connectivity index (χ4v) is 3.01. The number of hydrogen-bond donors (Lipinski definition) is 2. The molecule has 0 spiro atoms. The molecule has 0 aliphatic carbocycles. The summed E-state index contributed by atoms with van der Waals surface area (Å²) in [4.78, 5) is 24.0. The van der Waals surface area contributed by atoms with Crippen LogP contribution in [0.1, 0.15) is 59.7 Å². The summed E-state index contributed by atoms with van der Waals surface area (Å²) < 4.78 is 10.5. The maximum absolute atomic E-state index is 12.4. The number of benzene rings is 2. The molecule has 0 radical (unpaired) electrons. The minimum atomic E-state index is -0.507. The average molecular weight is 429 g/mol. The van der Waals surface area contributed by atoms with E-state index in [0.29, 0.717) is 23.4 Å². The Morgan fingerprint density at radius 2 is 1.70 bits per heavy atom. The van der Waals surface area contributed by atoms with Crippen molar-refractivity contribution >= 4 is 34.9 Å². The normalized spacial score (nSPS) is 10.2. The molecule has 0 aromatic heterocycles. The quantitative estimate of drug-likeness (QED) is 0.317. The van der Waals surface area contributed by atoms with Gasteiger partial charge in [0.25, 0.3) is 5.91 Å². The van der Waals surface area contributed by atoms with Crippen LogP contribution >= 0.6 is 12.2 Å². The summed E-state index contributed by atoms with van der Waals surface area (Å²) >= 11 is 5.23. The van der Waals surface area contributed by atoms with E-state index in [9.17, 15) is 9.59 Å². The number of nitrogens with one attached hydrogen (secondary N) is 2. The maximum atomic E-state index is 12.4. The lowest BCUT2D eigenvalue weighted by atomic mass is 10.1. The molecule has 6 nitrogen and oxygen atoms in total. The van der Waals surface area contributed by atoms with Gasteiger partial charge in [-0.3, -0.25) is 10.1 Å². The highest BCUT2D eigenvalue weighted by atomic mass is 32.1. The zero-order valence-corrected chi connectivity index (χ0v) is 18.2. The van der Waals surface area contributed by atoms with E-state index in [1.807, 2.05) is 24.3 Å². The Bertz CT molecular complexity index is 870. The van der Waals surface area contributed by atoms with Crippen LogP contribution in [0.5, 0.6) is 5.75 Å². The number of esters is 1. The maximum Gasteiger partial charge on any atom is 0.337 e. The second kappa shape index (κ2) is 12.6. The van der Waals surface area contributed by atoms with Gasteiger partial charge in [0, 0.05) is 17.3 Å². The minimum Gasteiger partial charge on any atom is -0.494 e. The van der Waals surface area contributed by atoms with Crippen molar-refractivity contribution in [3.8, 4) is 5.75 Å². The molecule has 0 saturated heterocycles. The van der Waals surface area contributed by atoms with Gasteiger partial charge in [-0.05, 0) is 49.0 Å². The molecule has 1 amide bonds. The highest BCUT2D eigenvalue weighted by Crippen LogP contribution is 2.18. The largest absolute Gasteiger partial charge is 0.494 e. The predicted octanol–water partition coefficient (Wildman–Crippen LogP) is 4.95. The summed E-state index contributed by atoms with van der Waals surface area (Å²) in [6.45, 7) is 2.87. The molecule has 2 N–H and O–H groups in total. The Balaban J connectivity index is 1.86. The number of unbranched alkanes of at least 4 members (excludes halogenated alkanes) is 4. The van der Waals surface area contributed by atoms with E-state index in [2.05, 4.69) is 22.3 Å².